The Morgan fingerprint density at radius 1 is 0.903 bits per heavy atom. The fourth-order valence-corrected chi connectivity index (χ4v) is 3.60. The van der Waals surface area contributed by atoms with Crippen molar-refractivity contribution in [2.45, 2.75) is 20.0 Å². The Hall–Kier alpha value is -3.75. The van der Waals surface area contributed by atoms with Crippen LogP contribution in [0.1, 0.15) is 12.5 Å². The van der Waals surface area contributed by atoms with Gasteiger partial charge in [-0.1, -0.05) is 0 Å². The number of methoxy groups -OCH3 is 2. The highest BCUT2D eigenvalue weighted by atomic mass is 16.5. The van der Waals surface area contributed by atoms with Gasteiger partial charge < -0.3 is 19.1 Å². The summed E-state index contributed by atoms with van der Waals surface area (Å²) >= 11 is 0. The SMILES string of the molecule is CCOc1ccc(N2CCn3c2nn(Cc2cc(OC)cc(OC)c2)c(=O)c3=O)cc1. The molecule has 1 aliphatic heterocycles. The van der Waals surface area contributed by atoms with Crippen LogP contribution in [0.5, 0.6) is 17.2 Å². The van der Waals surface area contributed by atoms with Gasteiger partial charge in [-0.05, 0) is 48.9 Å². The van der Waals surface area contributed by atoms with Crippen molar-refractivity contribution >= 4 is 11.6 Å². The average molecular weight is 424 g/mol. The van der Waals surface area contributed by atoms with E-state index in [9.17, 15) is 9.59 Å². The highest BCUT2D eigenvalue weighted by molar-refractivity contribution is 5.59. The maximum Gasteiger partial charge on any atom is 0.333 e. The minimum atomic E-state index is -0.668. The molecule has 1 aromatic heterocycles. The van der Waals surface area contributed by atoms with Gasteiger partial charge in [-0.25, -0.2) is 4.68 Å². The van der Waals surface area contributed by atoms with Gasteiger partial charge >= 0.3 is 11.1 Å². The zero-order valence-electron chi connectivity index (χ0n) is 17.7. The number of benzene rings is 2. The molecule has 2 heterocycles. The molecule has 0 spiro atoms. The standard InChI is InChI=1S/C22H24N4O5/c1-4-31-17-7-5-16(6-8-17)24-9-10-25-20(27)21(28)26(23-22(24)25)14-15-11-18(29-2)13-19(12-15)30-3/h5-8,11-13H,4,9-10,14H2,1-3H3. The minimum absolute atomic E-state index is 0.118. The molecule has 162 valence electrons. The predicted molar refractivity (Wildman–Crippen MR) is 116 cm³/mol. The van der Waals surface area contributed by atoms with Gasteiger partial charge in [-0.3, -0.25) is 14.2 Å². The maximum atomic E-state index is 12.7. The van der Waals surface area contributed by atoms with E-state index in [-0.39, 0.29) is 6.54 Å². The molecule has 0 radical (unpaired) electrons. The molecule has 0 aliphatic carbocycles. The van der Waals surface area contributed by atoms with Crippen molar-refractivity contribution in [2.75, 3.05) is 32.3 Å². The first-order chi connectivity index (χ1) is 15.0. The van der Waals surface area contributed by atoms with E-state index in [1.807, 2.05) is 36.1 Å². The molecule has 9 nitrogen and oxygen atoms in total. The van der Waals surface area contributed by atoms with Crippen LogP contribution in [0, 0.1) is 0 Å². The van der Waals surface area contributed by atoms with Crippen LogP contribution in [0.15, 0.2) is 52.1 Å². The van der Waals surface area contributed by atoms with Crippen LogP contribution in [0.25, 0.3) is 0 Å². The number of hydrogen-bond donors (Lipinski definition) is 0. The number of aromatic nitrogens is 3. The number of rotatable bonds is 7. The minimum Gasteiger partial charge on any atom is -0.497 e. The van der Waals surface area contributed by atoms with E-state index >= 15 is 0 Å². The van der Waals surface area contributed by atoms with Crippen molar-refractivity contribution in [3.05, 3.63) is 68.7 Å². The third-order valence-corrected chi connectivity index (χ3v) is 5.11. The molecular weight excluding hydrogens is 400 g/mol. The number of anilines is 2. The van der Waals surface area contributed by atoms with E-state index in [0.29, 0.717) is 37.1 Å². The van der Waals surface area contributed by atoms with Crippen molar-refractivity contribution < 1.29 is 14.2 Å². The summed E-state index contributed by atoms with van der Waals surface area (Å²) in [6.45, 7) is 3.58. The summed E-state index contributed by atoms with van der Waals surface area (Å²) in [7, 11) is 3.11. The third kappa shape index (κ3) is 3.98. The molecule has 0 N–H and O–H groups in total. The lowest BCUT2D eigenvalue weighted by Gasteiger charge is -2.18. The number of fused-ring (bicyclic) bond motifs is 1. The van der Waals surface area contributed by atoms with Gasteiger partial charge in [0.15, 0.2) is 0 Å². The van der Waals surface area contributed by atoms with Crippen molar-refractivity contribution in [2.24, 2.45) is 0 Å². The van der Waals surface area contributed by atoms with Crippen molar-refractivity contribution in [3.63, 3.8) is 0 Å². The molecule has 0 bridgehead atoms. The number of hydrogen-bond acceptors (Lipinski definition) is 7. The summed E-state index contributed by atoms with van der Waals surface area (Å²) in [4.78, 5) is 27.3. The van der Waals surface area contributed by atoms with Gasteiger partial charge in [-0.15, -0.1) is 5.10 Å². The van der Waals surface area contributed by atoms with Crippen LogP contribution >= 0.6 is 0 Å². The molecule has 4 rings (SSSR count). The lowest BCUT2D eigenvalue weighted by Crippen LogP contribution is -2.42. The number of nitrogens with zero attached hydrogens (tertiary/aromatic N) is 4. The maximum absolute atomic E-state index is 12.7. The largest absolute Gasteiger partial charge is 0.497 e. The molecule has 3 aromatic rings. The summed E-state index contributed by atoms with van der Waals surface area (Å²) in [5.41, 5.74) is 0.350. The van der Waals surface area contributed by atoms with E-state index in [2.05, 4.69) is 5.10 Å². The third-order valence-electron chi connectivity index (χ3n) is 5.11. The zero-order chi connectivity index (χ0) is 22.0. The molecule has 1 aliphatic rings. The molecule has 0 atom stereocenters. The summed E-state index contributed by atoms with van der Waals surface area (Å²) in [5.74, 6) is 2.39. The van der Waals surface area contributed by atoms with Crippen LogP contribution in [-0.4, -0.2) is 41.7 Å². The fraction of sp³-hybridized carbons (Fsp3) is 0.318. The molecule has 31 heavy (non-hydrogen) atoms. The lowest BCUT2D eigenvalue weighted by molar-refractivity contribution is 0.340. The van der Waals surface area contributed by atoms with Crippen molar-refractivity contribution in [1.82, 2.24) is 14.3 Å². The van der Waals surface area contributed by atoms with E-state index in [1.165, 1.54) is 9.25 Å². The molecule has 0 saturated heterocycles. The highest BCUT2D eigenvalue weighted by Gasteiger charge is 2.26. The second-order valence-electron chi connectivity index (χ2n) is 7.02. The summed E-state index contributed by atoms with van der Waals surface area (Å²) in [6.07, 6.45) is 0. The Morgan fingerprint density at radius 3 is 2.19 bits per heavy atom. The van der Waals surface area contributed by atoms with Gasteiger partial charge in [0.25, 0.3) is 0 Å². The van der Waals surface area contributed by atoms with Crippen LogP contribution < -0.4 is 30.2 Å². The summed E-state index contributed by atoms with van der Waals surface area (Å²) < 4.78 is 18.7. The van der Waals surface area contributed by atoms with Crippen LogP contribution in [0.2, 0.25) is 0 Å². The Kier molecular flexibility index (Phi) is 5.66. The first-order valence-electron chi connectivity index (χ1n) is 9.98. The van der Waals surface area contributed by atoms with E-state index in [4.69, 9.17) is 14.2 Å². The normalized spacial score (nSPS) is 12.5. The quantitative estimate of drug-likeness (QED) is 0.536. The Morgan fingerprint density at radius 2 is 1.58 bits per heavy atom. The van der Waals surface area contributed by atoms with Gasteiger partial charge in [0.1, 0.15) is 17.2 Å². The van der Waals surface area contributed by atoms with E-state index < -0.39 is 11.1 Å². The van der Waals surface area contributed by atoms with E-state index in [0.717, 1.165) is 17.0 Å². The van der Waals surface area contributed by atoms with Gasteiger partial charge in [0.2, 0.25) is 5.95 Å². The topological polar surface area (TPSA) is 87.8 Å². The lowest BCUT2D eigenvalue weighted by atomic mass is 10.2. The monoisotopic (exact) mass is 424 g/mol. The van der Waals surface area contributed by atoms with Crippen LogP contribution in [0.4, 0.5) is 11.6 Å². The second kappa shape index (κ2) is 8.55. The smallest absolute Gasteiger partial charge is 0.333 e. The second-order valence-corrected chi connectivity index (χ2v) is 7.02. The Balaban J connectivity index is 1.71. The zero-order valence-corrected chi connectivity index (χ0v) is 17.7. The van der Waals surface area contributed by atoms with Gasteiger partial charge in [0, 0.05) is 24.8 Å². The number of ether oxygens (including phenoxy) is 3. The first kappa shape index (κ1) is 20.5. The van der Waals surface area contributed by atoms with Gasteiger partial charge in [-0.2, -0.15) is 0 Å². The molecule has 0 unspecified atom stereocenters. The molecule has 0 saturated carbocycles. The van der Waals surface area contributed by atoms with Gasteiger partial charge in [0.05, 0.1) is 27.4 Å². The Labute approximate surface area is 179 Å². The first-order valence-corrected chi connectivity index (χ1v) is 9.98. The van der Waals surface area contributed by atoms with E-state index in [1.54, 1.807) is 32.4 Å². The average Bonchev–Trinajstić information content (AvgIpc) is 3.21. The summed E-state index contributed by atoms with van der Waals surface area (Å²) in [5, 5.41) is 4.52. The highest BCUT2D eigenvalue weighted by Crippen LogP contribution is 2.28. The predicted octanol–water partition coefficient (Wildman–Crippen LogP) is 2.02. The van der Waals surface area contributed by atoms with Crippen molar-refractivity contribution in [1.29, 1.82) is 0 Å². The summed E-state index contributed by atoms with van der Waals surface area (Å²) in [6, 6.07) is 12.9. The Bertz CT molecular complexity index is 1180. The van der Waals surface area contributed by atoms with Crippen molar-refractivity contribution in [3.8, 4) is 17.2 Å². The fourth-order valence-electron chi connectivity index (χ4n) is 3.60. The van der Waals surface area contributed by atoms with Crippen LogP contribution in [0.3, 0.4) is 0 Å². The van der Waals surface area contributed by atoms with Crippen LogP contribution in [-0.2, 0) is 13.1 Å². The molecule has 9 heteroatoms. The molecule has 0 fully saturated rings. The molecule has 0 amide bonds. The molecular formula is C22H24N4O5. The molecule has 2 aromatic carbocycles.